The molecule has 0 unspecified atom stereocenters. The highest BCUT2D eigenvalue weighted by Gasteiger charge is 2.26. The van der Waals surface area contributed by atoms with Crippen molar-refractivity contribution in [3.63, 3.8) is 0 Å². The molecule has 1 saturated heterocycles. The SMILES string of the molecule is CC.C[C@H]1CCCNC1.Cc1nc(-c2ccnc(Cc3nc(F)cc(F)c3F)c2)nc2cccc(C3CC3)c12. The Kier molecular flexibility index (Phi) is 9.62. The fourth-order valence-electron chi connectivity index (χ4n) is 4.81. The first-order valence-electron chi connectivity index (χ1n) is 13.8. The van der Waals surface area contributed by atoms with Crippen LogP contribution in [0.2, 0.25) is 0 Å². The van der Waals surface area contributed by atoms with E-state index in [9.17, 15) is 13.2 Å². The monoisotopic (exact) mass is 535 g/mol. The van der Waals surface area contributed by atoms with Crippen LogP contribution in [0.4, 0.5) is 13.2 Å². The van der Waals surface area contributed by atoms with Gasteiger partial charge in [-0.05, 0) is 81.3 Å². The summed E-state index contributed by atoms with van der Waals surface area (Å²) in [5.41, 5.74) is 3.84. The fraction of sp³-hybridized carbons (Fsp3) is 0.419. The summed E-state index contributed by atoms with van der Waals surface area (Å²) in [6.45, 7) is 10.7. The number of piperidine rings is 1. The topological polar surface area (TPSA) is 63.6 Å². The third-order valence-corrected chi connectivity index (χ3v) is 6.87. The van der Waals surface area contributed by atoms with Gasteiger partial charge in [-0.2, -0.15) is 4.39 Å². The highest BCUT2D eigenvalue weighted by atomic mass is 19.2. The van der Waals surface area contributed by atoms with Gasteiger partial charge in [-0.25, -0.2) is 23.7 Å². The summed E-state index contributed by atoms with van der Waals surface area (Å²) in [4.78, 5) is 17.1. The third kappa shape index (κ3) is 7.18. The lowest BCUT2D eigenvalue weighted by molar-refractivity contribution is 0.405. The van der Waals surface area contributed by atoms with Crippen LogP contribution < -0.4 is 5.32 Å². The summed E-state index contributed by atoms with van der Waals surface area (Å²) in [6.07, 6.45) is 6.58. The normalized spacial score (nSPS) is 16.6. The minimum Gasteiger partial charge on any atom is -0.316 e. The number of fused-ring (bicyclic) bond motifs is 1. The van der Waals surface area contributed by atoms with Crippen molar-refractivity contribution in [2.75, 3.05) is 13.1 Å². The number of hydrogen-bond donors (Lipinski definition) is 1. The van der Waals surface area contributed by atoms with E-state index in [0.717, 1.165) is 22.5 Å². The van der Waals surface area contributed by atoms with Gasteiger partial charge in [0.1, 0.15) is 0 Å². The zero-order valence-corrected chi connectivity index (χ0v) is 23.1. The van der Waals surface area contributed by atoms with Crippen LogP contribution in [0.5, 0.6) is 0 Å². The summed E-state index contributed by atoms with van der Waals surface area (Å²) in [6, 6.07) is 9.98. The van der Waals surface area contributed by atoms with Gasteiger partial charge in [0.25, 0.3) is 0 Å². The molecule has 206 valence electrons. The molecule has 0 spiro atoms. The molecule has 39 heavy (non-hydrogen) atoms. The van der Waals surface area contributed by atoms with E-state index in [2.05, 4.69) is 33.3 Å². The molecule has 0 radical (unpaired) electrons. The highest BCUT2D eigenvalue weighted by molar-refractivity contribution is 5.86. The maximum absolute atomic E-state index is 14.0. The summed E-state index contributed by atoms with van der Waals surface area (Å²) in [7, 11) is 0. The van der Waals surface area contributed by atoms with Crippen molar-refractivity contribution >= 4 is 10.9 Å². The van der Waals surface area contributed by atoms with Gasteiger partial charge in [-0.1, -0.05) is 32.9 Å². The molecule has 2 fully saturated rings. The molecule has 3 aromatic heterocycles. The molecular weight excluding hydrogens is 499 g/mol. The van der Waals surface area contributed by atoms with Crippen molar-refractivity contribution in [3.05, 3.63) is 82.8 Å². The lowest BCUT2D eigenvalue weighted by atomic mass is 10.0. The minimum absolute atomic E-state index is 0.146. The second-order valence-electron chi connectivity index (χ2n) is 10.00. The number of hydrogen-bond acceptors (Lipinski definition) is 5. The summed E-state index contributed by atoms with van der Waals surface area (Å²) < 4.78 is 40.8. The lowest BCUT2D eigenvalue weighted by Crippen LogP contribution is -2.27. The number of rotatable bonds is 4. The van der Waals surface area contributed by atoms with Crippen molar-refractivity contribution in [3.8, 4) is 11.4 Å². The van der Waals surface area contributed by atoms with Gasteiger partial charge >= 0.3 is 0 Å². The molecule has 1 aliphatic heterocycles. The van der Waals surface area contributed by atoms with Gasteiger partial charge in [-0.15, -0.1) is 0 Å². The van der Waals surface area contributed by atoms with Crippen LogP contribution in [0.15, 0.2) is 42.6 Å². The zero-order valence-electron chi connectivity index (χ0n) is 23.1. The van der Waals surface area contributed by atoms with Crippen LogP contribution in [-0.4, -0.2) is 33.0 Å². The predicted molar refractivity (Wildman–Crippen MR) is 149 cm³/mol. The van der Waals surface area contributed by atoms with Crippen LogP contribution in [0.3, 0.4) is 0 Å². The van der Waals surface area contributed by atoms with Crippen molar-refractivity contribution in [1.29, 1.82) is 0 Å². The number of benzene rings is 1. The van der Waals surface area contributed by atoms with Gasteiger partial charge < -0.3 is 5.32 Å². The Balaban J connectivity index is 0.000000338. The maximum atomic E-state index is 14.0. The van der Waals surface area contributed by atoms with Crippen LogP contribution >= 0.6 is 0 Å². The number of aromatic nitrogens is 4. The lowest BCUT2D eigenvalue weighted by Gasteiger charge is -2.17. The van der Waals surface area contributed by atoms with Crippen molar-refractivity contribution < 1.29 is 13.2 Å². The van der Waals surface area contributed by atoms with Gasteiger partial charge in [0.15, 0.2) is 17.5 Å². The average molecular weight is 536 g/mol. The molecule has 5 nitrogen and oxygen atoms in total. The Labute approximate surface area is 228 Å². The van der Waals surface area contributed by atoms with Crippen molar-refractivity contribution in [2.45, 2.75) is 65.7 Å². The molecule has 0 amide bonds. The molecule has 1 aliphatic carbocycles. The van der Waals surface area contributed by atoms with E-state index in [1.807, 2.05) is 32.9 Å². The van der Waals surface area contributed by atoms with Gasteiger partial charge in [0.05, 0.1) is 11.2 Å². The molecule has 1 aromatic carbocycles. The summed E-state index contributed by atoms with van der Waals surface area (Å²) in [5.74, 6) is -1.48. The second kappa shape index (κ2) is 13.1. The Morgan fingerprint density at radius 1 is 0.974 bits per heavy atom. The molecule has 4 heterocycles. The van der Waals surface area contributed by atoms with Crippen molar-refractivity contribution in [2.24, 2.45) is 5.92 Å². The number of nitrogens with zero attached hydrogens (tertiary/aromatic N) is 4. The molecule has 4 aromatic rings. The van der Waals surface area contributed by atoms with Crippen LogP contribution in [0, 0.1) is 30.4 Å². The van der Waals surface area contributed by atoms with Gasteiger partial charge in [0, 0.05) is 41.0 Å². The van der Waals surface area contributed by atoms with E-state index in [4.69, 9.17) is 4.98 Å². The minimum atomic E-state index is -1.27. The van der Waals surface area contributed by atoms with E-state index in [0.29, 0.717) is 29.1 Å². The van der Waals surface area contributed by atoms with E-state index in [1.54, 1.807) is 18.3 Å². The van der Waals surface area contributed by atoms with E-state index < -0.39 is 17.6 Å². The largest absolute Gasteiger partial charge is 0.316 e. The average Bonchev–Trinajstić information content (AvgIpc) is 3.79. The number of aryl methyl sites for hydroxylation is 1. The standard InChI is InChI=1S/C23H17F3N4.C6H13N.C2H6/c1-12-21-16(13-5-6-13)3-2-4-18(21)30-23(28-12)14-7-8-27-15(9-14)10-19-22(26)17(24)11-20(25)29-19;1-6-3-2-4-7-5-6;1-2/h2-4,7-9,11,13H,5-6,10H2,1H3;6-7H,2-5H2,1H3;1-2H3/t;6-;/m.0./s1. The Morgan fingerprint density at radius 3 is 2.44 bits per heavy atom. The number of halogens is 3. The molecule has 8 heteroatoms. The van der Waals surface area contributed by atoms with Crippen LogP contribution in [0.1, 0.15) is 75.0 Å². The zero-order chi connectivity index (χ0) is 27.9. The van der Waals surface area contributed by atoms with Gasteiger partial charge in [-0.3, -0.25) is 4.98 Å². The molecule has 1 N–H and O–H groups in total. The highest BCUT2D eigenvalue weighted by Crippen LogP contribution is 2.43. The Bertz CT molecular complexity index is 1420. The maximum Gasteiger partial charge on any atom is 0.216 e. The Hall–Kier alpha value is -3.39. The van der Waals surface area contributed by atoms with E-state index >= 15 is 0 Å². The molecule has 6 rings (SSSR count). The quantitative estimate of drug-likeness (QED) is 0.278. The molecular formula is C31H36F3N5. The Morgan fingerprint density at radius 2 is 1.77 bits per heavy atom. The first-order chi connectivity index (χ1) is 18.9. The summed E-state index contributed by atoms with van der Waals surface area (Å²) in [5, 5.41) is 4.43. The van der Waals surface area contributed by atoms with E-state index in [-0.39, 0.29) is 12.1 Å². The first-order valence-corrected chi connectivity index (χ1v) is 13.8. The molecule has 0 bridgehead atoms. The molecule has 2 aliphatic rings. The number of nitrogens with one attached hydrogen (secondary N) is 1. The number of pyridine rings is 2. The molecule has 1 saturated carbocycles. The smallest absolute Gasteiger partial charge is 0.216 e. The van der Waals surface area contributed by atoms with Gasteiger partial charge in [0.2, 0.25) is 5.95 Å². The fourth-order valence-corrected chi connectivity index (χ4v) is 4.81. The predicted octanol–water partition coefficient (Wildman–Crippen LogP) is 7.31. The summed E-state index contributed by atoms with van der Waals surface area (Å²) >= 11 is 0. The van der Waals surface area contributed by atoms with Crippen LogP contribution in [-0.2, 0) is 6.42 Å². The van der Waals surface area contributed by atoms with E-state index in [1.165, 1.54) is 44.3 Å². The third-order valence-electron chi connectivity index (χ3n) is 6.87. The molecule has 1 atom stereocenters. The van der Waals surface area contributed by atoms with Crippen molar-refractivity contribution in [1.82, 2.24) is 25.3 Å². The van der Waals surface area contributed by atoms with Crippen LogP contribution in [0.25, 0.3) is 22.3 Å². The first kappa shape index (κ1) is 28.6. The second-order valence-corrected chi connectivity index (χ2v) is 10.00.